The van der Waals surface area contributed by atoms with Crippen molar-refractivity contribution in [2.75, 3.05) is 23.7 Å². The highest BCUT2D eigenvalue weighted by Crippen LogP contribution is 2.23. The Hall–Kier alpha value is -2.24. The van der Waals surface area contributed by atoms with Crippen LogP contribution in [0, 0.1) is 5.92 Å². The third kappa shape index (κ3) is 4.17. The molecule has 1 aromatic carbocycles. The number of anilines is 2. The van der Waals surface area contributed by atoms with Gasteiger partial charge in [-0.05, 0) is 24.1 Å². The third-order valence-corrected chi connectivity index (χ3v) is 2.56. The van der Waals surface area contributed by atoms with Crippen molar-refractivity contribution >= 4 is 23.2 Å². The Kier molecular flexibility index (Phi) is 4.74. The second-order valence-electron chi connectivity index (χ2n) is 4.88. The molecule has 0 radical (unpaired) electrons. The summed E-state index contributed by atoms with van der Waals surface area (Å²) in [5, 5.41) is 0. The minimum absolute atomic E-state index is 0.0301. The minimum atomic E-state index is -0.583. The summed E-state index contributed by atoms with van der Waals surface area (Å²) in [6.07, 6.45) is 0. The summed E-state index contributed by atoms with van der Waals surface area (Å²) in [5.74, 6) is -0.744. The van der Waals surface area contributed by atoms with E-state index < -0.39 is 11.8 Å². The molecule has 0 aliphatic rings. The maximum absolute atomic E-state index is 11.5. The molecule has 0 saturated heterocycles. The smallest absolute Gasteiger partial charge is 0.250 e. The van der Waals surface area contributed by atoms with E-state index in [1.807, 2.05) is 13.8 Å². The number of nitrogens with zero attached hydrogens (tertiary/aromatic N) is 1. The van der Waals surface area contributed by atoms with Crippen LogP contribution < -0.4 is 22.1 Å². The van der Waals surface area contributed by atoms with Gasteiger partial charge >= 0.3 is 0 Å². The fourth-order valence-corrected chi connectivity index (χ4v) is 1.90. The number of nitrogens with two attached hydrogens (primary N) is 3. The maximum Gasteiger partial charge on any atom is 0.250 e. The number of hydrogen-bond acceptors (Lipinski definition) is 4. The van der Waals surface area contributed by atoms with Crippen LogP contribution in [0.2, 0.25) is 0 Å². The van der Waals surface area contributed by atoms with Gasteiger partial charge in [-0.25, -0.2) is 0 Å². The van der Waals surface area contributed by atoms with Crippen molar-refractivity contribution in [3.63, 3.8) is 0 Å². The topological polar surface area (TPSA) is 115 Å². The maximum atomic E-state index is 11.5. The lowest BCUT2D eigenvalue weighted by atomic mass is 10.1. The van der Waals surface area contributed by atoms with Crippen LogP contribution in [0.1, 0.15) is 24.2 Å². The number of primary amides is 2. The lowest BCUT2D eigenvalue weighted by Crippen LogP contribution is -2.37. The fourth-order valence-electron chi connectivity index (χ4n) is 1.90. The molecule has 0 heterocycles. The monoisotopic (exact) mass is 264 g/mol. The van der Waals surface area contributed by atoms with Gasteiger partial charge in [0.15, 0.2) is 0 Å². The largest absolute Gasteiger partial charge is 0.399 e. The van der Waals surface area contributed by atoms with E-state index >= 15 is 0 Å². The molecule has 0 atom stereocenters. The lowest BCUT2D eigenvalue weighted by Gasteiger charge is -2.27. The molecule has 6 nitrogen and oxygen atoms in total. The Morgan fingerprint density at radius 1 is 1.26 bits per heavy atom. The van der Waals surface area contributed by atoms with Gasteiger partial charge in [0.25, 0.3) is 5.91 Å². The Bertz CT molecular complexity index is 486. The molecule has 1 rings (SSSR count). The van der Waals surface area contributed by atoms with Crippen molar-refractivity contribution in [2.24, 2.45) is 17.4 Å². The van der Waals surface area contributed by atoms with Crippen molar-refractivity contribution in [1.29, 1.82) is 0 Å². The van der Waals surface area contributed by atoms with Gasteiger partial charge in [0.1, 0.15) is 0 Å². The number of amides is 2. The Morgan fingerprint density at radius 2 is 1.89 bits per heavy atom. The molecule has 1 aromatic rings. The van der Waals surface area contributed by atoms with Crippen molar-refractivity contribution in [3.8, 4) is 0 Å². The van der Waals surface area contributed by atoms with Crippen LogP contribution in [0.5, 0.6) is 0 Å². The fraction of sp³-hybridized carbons (Fsp3) is 0.385. The Balaban J connectivity index is 3.20. The van der Waals surface area contributed by atoms with Gasteiger partial charge in [0.05, 0.1) is 17.8 Å². The zero-order valence-corrected chi connectivity index (χ0v) is 11.2. The average molecular weight is 264 g/mol. The minimum Gasteiger partial charge on any atom is -0.399 e. The molecule has 0 aliphatic heterocycles. The predicted octanol–water partition coefficient (Wildman–Crippen LogP) is 0.315. The predicted molar refractivity (Wildman–Crippen MR) is 75.6 cm³/mol. The van der Waals surface area contributed by atoms with Gasteiger partial charge < -0.3 is 22.1 Å². The van der Waals surface area contributed by atoms with E-state index in [0.29, 0.717) is 29.4 Å². The quantitative estimate of drug-likeness (QED) is 0.641. The van der Waals surface area contributed by atoms with E-state index in [2.05, 4.69) is 0 Å². The lowest BCUT2D eigenvalue weighted by molar-refractivity contribution is -0.116. The van der Waals surface area contributed by atoms with E-state index in [0.717, 1.165) is 0 Å². The van der Waals surface area contributed by atoms with Crippen LogP contribution in [0.15, 0.2) is 18.2 Å². The summed E-state index contributed by atoms with van der Waals surface area (Å²) >= 11 is 0. The van der Waals surface area contributed by atoms with Gasteiger partial charge in [-0.15, -0.1) is 0 Å². The van der Waals surface area contributed by atoms with E-state index in [9.17, 15) is 9.59 Å². The molecule has 0 saturated carbocycles. The summed E-state index contributed by atoms with van der Waals surface area (Å²) in [7, 11) is 0. The third-order valence-electron chi connectivity index (χ3n) is 2.56. The number of carbonyl (C=O) groups is 2. The van der Waals surface area contributed by atoms with Crippen molar-refractivity contribution in [1.82, 2.24) is 0 Å². The molecule has 6 heteroatoms. The highest BCUT2D eigenvalue weighted by Gasteiger charge is 2.17. The summed E-state index contributed by atoms with van der Waals surface area (Å²) in [6.45, 7) is 4.64. The Morgan fingerprint density at radius 3 is 2.37 bits per heavy atom. The summed E-state index contributed by atoms with van der Waals surface area (Å²) < 4.78 is 0. The molecule has 0 fully saturated rings. The van der Waals surface area contributed by atoms with Gasteiger partial charge in [0, 0.05) is 12.2 Å². The molecule has 0 aliphatic carbocycles. The van der Waals surface area contributed by atoms with Crippen molar-refractivity contribution in [3.05, 3.63) is 23.8 Å². The van der Waals surface area contributed by atoms with Crippen LogP contribution in [0.4, 0.5) is 11.4 Å². The molecule has 0 aromatic heterocycles. The van der Waals surface area contributed by atoms with Crippen LogP contribution in [-0.4, -0.2) is 24.9 Å². The first-order valence-electron chi connectivity index (χ1n) is 6.03. The molecule has 0 unspecified atom stereocenters. The Labute approximate surface area is 112 Å². The number of nitrogen functional groups attached to an aromatic ring is 1. The van der Waals surface area contributed by atoms with Gasteiger partial charge in [-0.2, -0.15) is 0 Å². The average Bonchev–Trinajstić information content (AvgIpc) is 2.26. The van der Waals surface area contributed by atoms with Crippen molar-refractivity contribution in [2.45, 2.75) is 13.8 Å². The van der Waals surface area contributed by atoms with Gasteiger partial charge in [-0.1, -0.05) is 13.8 Å². The summed E-state index contributed by atoms with van der Waals surface area (Å²) in [5.41, 5.74) is 17.6. The number of hydrogen-bond donors (Lipinski definition) is 3. The van der Waals surface area contributed by atoms with E-state index in [1.54, 1.807) is 17.0 Å². The van der Waals surface area contributed by atoms with E-state index in [-0.39, 0.29) is 6.54 Å². The van der Waals surface area contributed by atoms with Crippen LogP contribution in [0.25, 0.3) is 0 Å². The molecule has 6 N–H and O–H groups in total. The van der Waals surface area contributed by atoms with Crippen LogP contribution in [-0.2, 0) is 4.79 Å². The SMILES string of the molecule is CC(C)CN(CC(N)=O)c1ccc(N)cc1C(N)=O. The normalized spacial score (nSPS) is 10.5. The molecular formula is C13H20N4O2. The summed E-state index contributed by atoms with van der Waals surface area (Å²) in [4.78, 5) is 24.4. The zero-order valence-electron chi connectivity index (χ0n) is 11.2. The first-order chi connectivity index (χ1) is 8.81. The van der Waals surface area contributed by atoms with Gasteiger partial charge in [0.2, 0.25) is 5.91 Å². The highest BCUT2D eigenvalue weighted by atomic mass is 16.1. The number of benzene rings is 1. The first kappa shape index (κ1) is 14.8. The van der Waals surface area contributed by atoms with Crippen molar-refractivity contribution < 1.29 is 9.59 Å². The first-order valence-corrected chi connectivity index (χ1v) is 6.03. The van der Waals surface area contributed by atoms with E-state index in [1.165, 1.54) is 6.07 Å². The zero-order chi connectivity index (χ0) is 14.6. The molecule has 2 amide bonds. The van der Waals surface area contributed by atoms with Crippen LogP contribution in [0.3, 0.4) is 0 Å². The molecule has 0 bridgehead atoms. The molecular weight excluding hydrogens is 244 g/mol. The summed E-state index contributed by atoms with van der Waals surface area (Å²) in [6, 6.07) is 4.85. The van der Waals surface area contributed by atoms with Crippen LogP contribution >= 0.6 is 0 Å². The molecule has 104 valence electrons. The number of carbonyl (C=O) groups excluding carboxylic acids is 2. The highest BCUT2D eigenvalue weighted by molar-refractivity contribution is 6.00. The second-order valence-corrected chi connectivity index (χ2v) is 4.88. The molecule has 19 heavy (non-hydrogen) atoms. The van der Waals surface area contributed by atoms with Gasteiger partial charge in [-0.3, -0.25) is 9.59 Å². The number of rotatable bonds is 6. The second kappa shape index (κ2) is 6.08. The standard InChI is InChI=1S/C13H20N4O2/c1-8(2)6-17(7-12(15)18)11-4-3-9(14)5-10(11)13(16)19/h3-5,8H,6-7,14H2,1-2H3,(H2,15,18)(H2,16,19). The molecule has 0 spiro atoms. The van der Waals surface area contributed by atoms with E-state index in [4.69, 9.17) is 17.2 Å².